The Bertz CT molecular complexity index is 607. The number of nitrogens with zero attached hydrogens (tertiary/aromatic N) is 1. The number of benzene rings is 1. The standard InChI is InChI=1S/C16H16F3NO.C2H6/c1-3-21-15-14(16(17,18)19)9-13(10-20-15)8-12-6-4-11(2)5-7-12;1-2/h4-7,9-10H,3,8H2,1-2H3;1-2H3. The van der Waals surface area contributed by atoms with Gasteiger partial charge in [0.15, 0.2) is 0 Å². The Morgan fingerprint density at radius 2 is 1.65 bits per heavy atom. The van der Waals surface area contributed by atoms with Crippen molar-refractivity contribution < 1.29 is 17.9 Å². The van der Waals surface area contributed by atoms with Crippen LogP contribution in [0.25, 0.3) is 0 Å². The summed E-state index contributed by atoms with van der Waals surface area (Å²) in [5.74, 6) is -0.363. The Morgan fingerprint density at radius 1 is 1.04 bits per heavy atom. The third-order valence-electron chi connectivity index (χ3n) is 3.02. The van der Waals surface area contributed by atoms with Crippen LogP contribution >= 0.6 is 0 Å². The summed E-state index contributed by atoms with van der Waals surface area (Å²) in [4.78, 5) is 3.81. The topological polar surface area (TPSA) is 22.1 Å². The molecule has 0 spiro atoms. The molecule has 0 fully saturated rings. The first-order chi connectivity index (χ1) is 10.9. The highest BCUT2D eigenvalue weighted by Crippen LogP contribution is 2.35. The van der Waals surface area contributed by atoms with E-state index in [4.69, 9.17) is 4.74 Å². The zero-order valence-corrected chi connectivity index (χ0v) is 13.9. The van der Waals surface area contributed by atoms with Gasteiger partial charge in [-0.15, -0.1) is 0 Å². The molecule has 0 aliphatic carbocycles. The summed E-state index contributed by atoms with van der Waals surface area (Å²) in [6.07, 6.45) is -2.64. The maximum absolute atomic E-state index is 13.0. The van der Waals surface area contributed by atoms with Crippen LogP contribution in [0, 0.1) is 6.92 Å². The number of hydrogen-bond acceptors (Lipinski definition) is 2. The lowest BCUT2D eigenvalue weighted by atomic mass is 10.0. The predicted molar refractivity (Wildman–Crippen MR) is 85.7 cm³/mol. The van der Waals surface area contributed by atoms with Gasteiger partial charge in [-0.1, -0.05) is 43.7 Å². The van der Waals surface area contributed by atoms with Crippen LogP contribution in [-0.4, -0.2) is 11.6 Å². The second-order valence-electron chi connectivity index (χ2n) is 4.79. The molecule has 0 radical (unpaired) electrons. The summed E-state index contributed by atoms with van der Waals surface area (Å²) in [5, 5.41) is 0. The fourth-order valence-electron chi connectivity index (χ4n) is 1.99. The van der Waals surface area contributed by atoms with Crippen LogP contribution in [0.4, 0.5) is 13.2 Å². The lowest BCUT2D eigenvalue weighted by molar-refractivity contribution is -0.139. The number of alkyl halides is 3. The van der Waals surface area contributed by atoms with Crippen molar-refractivity contribution in [1.29, 1.82) is 0 Å². The van der Waals surface area contributed by atoms with E-state index in [1.807, 2.05) is 45.0 Å². The minimum Gasteiger partial charge on any atom is -0.478 e. The van der Waals surface area contributed by atoms with Crippen molar-refractivity contribution in [1.82, 2.24) is 4.98 Å². The van der Waals surface area contributed by atoms with Crippen molar-refractivity contribution in [2.24, 2.45) is 0 Å². The van der Waals surface area contributed by atoms with Gasteiger partial charge in [0, 0.05) is 6.20 Å². The van der Waals surface area contributed by atoms with Gasteiger partial charge in [0.05, 0.1) is 6.61 Å². The Labute approximate surface area is 135 Å². The molecule has 2 aromatic rings. The van der Waals surface area contributed by atoms with Crippen molar-refractivity contribution >= 4 is 0 Å². The van der Waals surface area contributed by atoms with E-state index < -0.39 is 11.7 Å². The first kappa shape index (κ1) is 19.0. The van der Waals surface area contributed by atoms with Gasteiger partial charge in [0.25, 0.3) is 0 Å². The molecule has 1 aromatic carbocycles. The van der Waals surface area contributed by atoms with Gasteiger partial charge >= 0.3 is 6.18 Å². The van der Waals surface area contributed by atoms with Gasteiger partial charge < -0.3 is 4.74 Å². The maximum atomic E-state index is 13.0. The summed E-state index contributed by atoms with van der Waals surface area (Å²) in [6.45, 7) is 7.74. The molecule has 1 heterocycles. The highest BCUT2D eigenvalue weighted by molar-refractivity contribution is 5.35. The highest BCUT2D eigenvalue weighted by atomic mass is 19.4. The summed E-state index contributed by atoms with van der Waals surface area (Å²) in [5.41, 5.74) is 1.74. The third-order valence-corrected chi connectivity index (χ3v) is 3.02. The summed E-state index contributed by atoms with van der Waals surface area (Å²) in [6, 6.07) is 8.78. The van der Waals surface area contributed by atoms with E-state index in [-0.39, 0.29) is 12.5 Å². The van der Waals surface area contributed by atoms with E-state index in [2.05, 4.69) is 4.98 Å². The lowest BCUT2D eigenvalue weighted by Crippen LogP contribution is -2.11. The molecule has 23 heavy (non-hydrogen) atoms. The fraction of sp³-hybridized carbons (Fsp3) is 0.389. The number of halogens is 3. The number of aromatic nitrogens is 1. The van der Waals surface area contributed by atoms with Gasteiger partial charge in [-0.2, -0.15) is 13.2 Å². The molecule has 1 aromatic heterocycles. The molecule has 2 rings (SSSR count). The zero-order chi connectivity index (χ0) is 17.5. The molecule has 126 valence electrons. The van der Waals surface area contributed by atoms with Crippen LogP contribution in [0.2, 0.25) is 0 Å². The molecule has 0 aliphatic rings. The number of pyridine rings is 1. The molecule has 5 heteroatoms. The van der Waals surface area contributed by atoms with Crippen LogP contribution in [0.15, 0.2) is 36.5 Å². The van der Waals surface area contributed by atoms with Crippen molar-refractivity contribution in [3.63, 3.8) is 0 Å². The van der Waals surface area contributed by atoms with Gasteiger partial charge in [-0.25, -0.2) is 4.98 Å². The van der Waals surface area contributed by atoms with Crippen molar-refractivity contribution in [3.05, 3.63) is 58.8 Å². The molecule has 0 N–H and O–H groups in total. The quantitative estimate of drug-likeness (QED) is 0.748. The molecule has 2 nitrogen and oxygen atoms in total. The van der Waals surface area contributed by atoms with Crippen molar-refractivity contribution in [2.45, 2.75) is 40.3 Å². The molecule has 0 bridgehead atoms. The maximum Gasteiger partial charge on any atom is 0.421 e. The second kappa shape index (κ2) is 8.56. The Hall–Kier alpha value is -2.04. The van der Waals surface area contributed by atoms with Gasteiger partial charge in [-0.3, -0.25) is 0 Å². The van der Waals surface area contributed by atoms with E-state index in [9.17, 15) is 13.2 Å². The molecule has 0 saturated carbocycles. The molecular weight excluding hydrogens is 303 g/mol. The zero-order valence-electron chi connectivity index (χ0n) is 13.9. The van der Waals surface area contributed by atoms with Crippen LogP contribution < -0.4 is 4.74 Å². The molecule has 0 amide bonds. The fourth-order valence-corrected chi connectivity index (χ4v) is 1.99. The summed E-state index contributed by atoms with van der Waals surface area (Å²) < 4.78 is 44.0. The molecule has 0 saturated heterocycles. The minimum atomic E-state index is -4.47. The number of ether oxygens (including phenoxy) is 1. The normalized spacial score (nSPS) is 10.7. The van der Waals surface area contributed by atoms with Crippen LogP contribution in [0.5, 0.6) is 5.88 Å². The molecule has 0 unspecified atom stereocenters. The van der Waals surface area contributed by atoms with Crippen LogP contribution in [0.3, 0.4) is 0 Å². The van der Waals surface area contributed by atoms with Gasteiger partial charge in [0.2, 0.25) is 5.88 Å². The minimum absolute atomic E-state index is 0.146. The SMILES string of the molecule is CC.CCOc1ncc(Cc2ccc(C)cc2)cc1C(F)(F)F. The number of aryl methyl sites for hydroxylation is 1. The predicted octanol–water partition coefficient (Wildman–Crippen LogP) is 5.42. The van der Waals surface area contributed by atoms with E-state index in [1.54, 1.807) is 6.92 Å². The van der Waals surface area contributed by atoms with E-state index in [1.165, 1.54) is 6.20 Å². The average molecular weight is 325 g/mol. The molecule has 0 aliphatic heterocycles. The first-order valence-electron chi connectivity index (χ1n) is 7.64. The first-order valence-corrected chi connectivity index (χ1v) is 7.64. The monoisotopic (exact) mass is 325 g/mol. The van der Waals surface area contributed by atoms with Gasteiger partial charge in [0.1, 0.15) is 5.56 Å². The Balaban J connectivity index is 0.00000127. The van der Waals surface area contributed by atoms with E-state index in [0.29, 0.717) is 12.0 Å². The average Bonchev–Trinajstić information content (AvgIpc) is 2.52. The van der Waals surface area contributed by atoms with Crippen LogP contribution in [0.1, 0.15) is 43.0 Å². The van der Waals surface area contributed by atoms with Crippen LogP contribution in [-0.2, 0) is 12.6 Å². The summed E-state index contributed by atoms with van der Waals surface area (Å²) >= 11 is 0. The summed E-state index contributed by atoms with van der Waals surface area (Å²) in [7, 11) is 0. The second-order valence-corrected chi connectivity index (χ2v) is 4.79. The molecule has 0 atom stereocenters. The highest BCUT2D eigenvalue weighted by Gasteiger charge is 2.35. The largest absolute Gasteiger partial charge is 0.478 e. The Kier molecular flexibility index (Phi) is 7.07. The Morgan fingerprint density at radius 3 is 2.17 bits per heavy atom. The van der Waals surface area contributed by atoms with Crippen molar-refractivity contribution in [3.8, 4) is 5.88 Å². The molecular formula is C18H22F3NO. The number of hydrogen-bond donors (Lipinski definition) is 0. The lowest BCUT2D eigenvalue weighted by Gasteiger charge is -2.13. The van der Waals surface area contributed by atoms with E-state index >= 15 is 0 Å². The van der Waals surface area contributed by atoms with Crippen molar-refractivity contribution in [2.75, 3.05) is 6.61 Å². The third kappa shape index (κ3) is 5.58. The smallest absolute Gasteiger partial charge is 0.421 e. The van der Waals surface area contributed by atoms with E-state index in [0.717, 1.165) is 17.2 Å². The van der Waals surface area contributed by atoms with Gasteiger partial charge in [-0.05, 0) is 37.5 Å². The number of rotatable bonds is 4.